The molecule has 1 aliphatic heterocycles. The minimum Gasteiger partial charge on any atom is -0.399 e. The molecule has 0 spiro atoms. The van der Waals surface area contributed by atoms with Crippen LogP contribution in [0.25, 0.3) is 0 Å². The number of nitrogens with one attached hydrogen (secondary N) is 1. The number of rotatable bonds is 3. The van der Waals surface area contributed by atoms with E-state index < -0.39 is 5.41 Å². The largest absolute Gasteiger partial charge is 0.399 e. The number of carbonyl (C=O) groups is 1. The highest BCUT2D eigenvalue weighted by Gasteiger charge is 2.31. The van der Waals surface area contributed by atoms with Crippen LogP contribution in [0.3, 0.4) is 0 Å². The predicted octanol–water partition coefficient (Wildman–Crippen LogP) is 1.45. The van der Waals surface area contributed by atoms with Crippen LogP contribution < -0.4 is 11.1 Å². The van der Waals surface area contributed by atoms with Crippen LogP contribution in [0.1, 0.15) is 25.8 Å². The van der Waals surface area contributed by atoms with Crippen LogP contribution in [0.5, 0.6) is 0 Å². The van der Waals surface area contributed by atoms with Crippen molar-refractivity contribution in [1.82, 2.24) is 5.32 Å². The monoisotopic (exact) mass is 248 g/mol. The van der Waals surface area contributed by atoms with Gasteiger partial charge in [-0.3, -0.25) is 4.79 Å². The van der Waals surface area contributed by atoms with Gasteiger partial charge in [-0.2, -0.15) is 0 Å². The van der Waals surface area contributed by atoms with Crippen molar-refractivity contribution >= 4 is 11.6 Å². The highest BCUT2D eigenvalue weighted by Crippen LogP contribution is 2.24. The number of carbonyl (C=O) groups excluding carboxylic acids is 1. The Morgan fingerprint density at radius 2 is 2.06 bits per heavy atom. The van der Waals surface area contributed by atoms with Gasteiger partial charge in [-0.15, -0.1) is 0 Å². The molecule has 4 heteroatoms. The summed E-state index contributed by atoms with van der Waals surface area (Å²) in [6.07, 6.45) is 0.892. The zero-order chi connectivity index (χ0) is 13.2. The first kappa shape index (κ1) is 12.9. The Morgan fingerprint density at radius 3 is 2.61 bits per heavy atom. The molecular formula is C14H20N2O2. The first-order chi connectivity index (χ1) is 8.50. The van der Waals surface area contributed by atoms with E-state index in [0.717, 1.165) is 18.6 Å². The highest BCUT2D eigenvalue weighted by molar-refractivity contribution is 5.87. The molecule has 0 aliphatic carbocycles. The average molecular weight is 248 g/mol. The van der Waals surface area contributed by atoms with Gasteiger partial charge in [0.25, 0.3) is 0 Å². The summed E-state index contributed by atoms with van der Waals surface area (Å²) in [7, 11) is 0. The smallest absolute Gasteiger partial charge is 0.230 e. The standard InChI is InChI=1S/C14H20N2O2/c1-14(2,10-3-5-11(15)6-4-10)13(17)16-12-7-8-18-9-12/h3-6,12H,7-9,15H2,1-2H3,(H,16,17). The molecule has 1 atom stereocenters. The Hall–Kier alpha value is -1.55. The van der Waals surface area contributed by atoms with Crippen molar-refractivity contribution in [3.8, 4) is 0 Å². The number of anilines is 1. The van der Waals surface area contributed by atoms with Gasteiger partial charge in [-0.25, -0.2) is 0 Å². The maximum absolute atomic E-state index is 12.3. The lowest BCUT2D eigenvalue weighted by Gasteiger charge is -2.26. The molecule has 98 valence electrons. The number of benzene rings is 1. The number of nitrogen functional groups attached to an aromatic ring is 1. The van der Waals surface area contributed by atoms with Crippen molar-refractivity contribution in [2.24, 2.45) is 0 Å². The predicted molar refractivity (Wildman–Crippen MR) is 71.2 cm³/mol. The van der Waals surface area contributed by atoms with E-state index in [-0.39, 0.29) is 11.9 Å². The first-order valence-corrected chi connectivity index (χ1v) is 6.25. The van der Waals surface area contributed by atoms with E-state index in [1.807, 2.05) is 38.1 Å². The van der Waals surface area contributed by atoms with Gasteiger partial charge in [0.1, 0.15) is 0 Å². The minimum atomic E-state index is -0.559. The molecule has 1 fully saturated rings. The van der Waals surface area contributed by atoms with E-state index in [9.17, 15) is 4.79 Å². The topological polar surface area (TPSA) is 64.3 Å². The van der Waals surface area contributed by atoms with Gasteiger partial charge in [-0.05, 0) is 38.0 Å². The maximum atomic E-state index is 12.3. The Bertz CT molecular complexity index is 420. The van der Waals surface area contributed by atoms with E-state index >= 15 is 0 Å². The van der Waals surface area contributed by atoms with Crippen LogP contribution in [-0.2, 0) is 14.9 Å². The SMILES string of the molecule is CC(C)(C(=O)NC1CCOC1)c1ccc(N)cc1. The second kappa shape index (κ2) is 4.98. The molecule has 0 saturated carbocycles. The van der Waals surface area contributed by atoms with Crippen LogP contribution in [-0.4, -0.2) is 25.2 Å². The summed E-state index contributed by atoms with van der Waals surface area (Å²) in [4.78, 5) is 12.3. The third-order valence-electron chi connectivity index (χ3n) is 3.46. The molecule has 18 heavy (non-hydrogen) atoms. The van der Waals surface area contributed by atoms with Crippen molar-refractivity contribution in [1.29, 1.82) is 0 Å². The molecule has 0 bridgehead atoms. The molecule has 1 aliphatic rings. The van der Waals surface area contributed by atoms with E-state index in [1.165, 1.54) is 0 Å². The fourth-order valence-electron chi connectivity index (χ4n) is 2.05. The Balaban J connectivity index is 2.08. The van der Waals surface area contributed by atoms with E-state index in [4.69, 9.17) is 10.5 Å². The maximum Gasteiger partial charge on any atom is 0.230 e. The molecular weight excluding hydrogens is 228 g/mol. The Kier molecular flexibility index (Phi) is 3.57. The van der Waals surface area contributed by atoms with Gasteiger partial charge in [0.05, 0.1) is 18.1 Å². The second-order valence-corrected chi connectivity index (χ2v) is 5.28. The van der Waals surface area contributed by atoms with Gasteiger partial charge >= 0.3 is 0 Å². The summed E-state index contributed by atoms with van der Waals surface area (Å²) in [5.74, 6) is 0.0303. The van der Waals surface area contributed by atoms with Gasteiger partial charge in [0.15, 0.2) is 0 Å². The van der Waals surface area contributed by atoms with Gasteiger partial charge in [0.2, 0.25) is 5.91 Å². The van der Waals surface area contributed by atoms with E-state index in [1.54, 1.807) is 0 Å². The van der Waals surface area contributed by atoms with Crippen molar-refractivity contribution in [3.63, 3.8) is 0 Å². The summed E-state index contributed by atoms with van der Waals surface area (Å²) in [6.45, 7) is 5.18. The normalized spacial score (nSPS) is 19.8. The van der Waals surface area contributed by atoms with Crippen LogP contribution in [0, 0.1) is 0 Å². The molecule has 1 amide bonds. The fraction of sp³-hybridized carbons (Fsp3) is 0.500. The minimum absolute atomic E-state index is 0.0303. The summed E-state index contributed by atoms with van der Waals surface area (Å²) >= 11 is 0. The summed E-state index contributed by atoms with van der Waals surface area (Å²) in [5.41, 5.74) is 6.78. The molecule has 0 radical (unpaired) electrons. The number of hydrogen-bond donors (Lipinski definition) is 2. The molecule has 1 aromatic carbocycles. The van der Waals surface area contributed by atoms with Crippen molar-refractivity contribution in [3.05, 3.63) is 29.8 Å². The summed E-state index contributed by atoms with van der Waals surface area (Å²) < 4.78 is 5.26. The lowest BCUT2D eigenvalue weighted by Crippen LogP contribution is -2.45. The lowest BCUT2D eigenvalue weighted by atomic mass is 9.83. The van der Waals surface area contributed by atoms with Crippen LogP contribution in [0.2, 0.25) is 0 Å². The molecule has 4 nitrogen and oxygen atoms in total. The molecule has 1 heterocycles. The molecule has 2 rings (SSSR count). The van der Waals surface area contributed by atoms with E-state index in [2.05, 4.69) is 5.32 Å². The zero-order valence-corrected chi connectivity index (χ0v) is 10.9. The van der Waals surface area contributed by atoms with Crippen LogP contribution >= 0.6 is 0 Å². The number of ether oxygens (including phenoxy) is 1. The summed E-state index contributed by atoms with van der Waals surface area (Å²) in [5, 5.41) is 3.04. The molecule has 1 aromatic rings. The zero-order valence-electron chi connectivity index (χ0n) is 10.9. The molecule has 3 N–H and O–H groups in total. The van der Waals surface area contributed by atoms with E-state index in [0.29, 0.717) is 12.3 Å². The molecule has 1 saturated heterocycles. The van der Waals surface area contributed by atoms with Crippen molar-refractivity contribution in [2.45, 2.75) is 31.7 Å². The molecule has 0 aromatic heterocycles. The highest BCUT2D eigenvalue weighted by atomic mass is 16.5. The Labute approximate surface area is 108 Å². The average Bonchev–Trinajstić information content (AvgIpc) is 2.82. The van der Waals surface area contributed by atoms with Gasteiger partial charge < -0.3 is 15.8 Å². The number of hydrogen-bond acceptors (Lipinski definition) is 3. The van der Waals surface area contributed by atoms with Gasteiger partial charge in [-0.1, -0.05) is 12.1 Å². The van der Waals surface area contributed by atoms with Crippen LogP contribution in [0.4, 0.5) is 5.69 Å². The quantitative estimate of drug-likeness (QED) is 0.796. The fourth-order valence-corrected chi connectivity index (χ4v) is 2.05. The molecule has 1 unspecified atom stereocenters. The number of nitrogens with two attached hydrogens (primary N) is 1. The second-order valence-electron chi connectivity index (χ2n) is 5.28. The number of amides is 1. The Morgan fingerprint density at radius 1 is 1.39 bits per heavy atom. The third-order valence-corrected chi connectivity index (χ3v) is 3.46. The first-order valence-electron chi connectivity index (χ1n) is 6.25. The van der Waals surface area contributed by atoms with Crippen molar-refractivity contribution < 1.29 is 9.53 Å². The third kappa shape index (κ3) is 2.64. The van der Waals surface area contributed by atoms with Crippen LogP contribution in [0.15, 0.2) is 24.3 Å². The van der Waals surface area contributed by atoms with Crippen molar-refractivity contribution in [2.75, 3.05) is 18.9 Å². The summed E-state index contributed by atoms with van der Waals surface area (Å²) in [6, 6.07) is 7.59. The lowest BCUT2D eigenvalue weighted by molar-refractivity contribution is -0.126. The van der Waals surface area contributed by atoms with Gasteiger partial charge in [0, 0.05) is 12.3 Å².